The molecule has 3 aromatic rings. The summed E-state index contributed by atoms with van der Waals surface area (Å²) in [6, 6.07) is 18.2. The van der Waals surface area contributed by atoms with Gasteiger partial charge in [0.15, 0.2) is 0 Å². The van der Waals surface area contributed by atoms with Gasteiger partial charge in [-0.15, -0.1) is 0 Å². The van der Waals surface area contributed by atoms with Crippen molar-refractivity contribution >= 4 is 34.8 Å². The van der Waals surface area contributed by atoms with Crippen molar-refractivity contribution < 1.29 is 29.0 Å². The van der Waals surface area contributed by atoms with Crippen LogP contribution in [0.5, 0.6) is 0 Å². The van der Waals surface area contributed by atoms with Gasteiger partial charge in [-0.1, -0.05) is 82.6 Å². The lowest BCUT2D eigenvalue weighted by atomic mass is 9.94. The Hall–Kier alpha value is -4.34. The number of nitrogens with one attached hydrogen (secondary N) is 4. The number of carboxylic acids is 1. The molecule has 0 spiro atoms. The Morgan fingerprint density at radius 2 is 1.69 bits per heavy atom. The van der Waals surface area contributed by atoms with Gasteiger partial charge in [-0.05, 0) is 49.3 Å². The fraction of sp³-hybridized carbons (Fsp3) is 0.400. The number of ether oxygens (including phenoxy) is 1. The van der Waals surface area contributed by atoms with Gasteiger partial charge in [0.2, 0.25) is 11.8 Å². The summed E-state index contributed by atoms with van der Waals surface area (Å²) in [5.74, 6) is -1.96. The van der Waals surface area contributed by atoms with E-state index in [2.05, 4.69) is 20.9 Å². The highest BCUT2D eigenvalue weighted by molar-refractivity contribution is 5.90. The zero-order valence-corrected chi connectivity index (χ0v) is 26.0. The first-order valence-electron chi connectivity index (χ1n) is 14.9. The van der Waals surface area contributed by atoms with Crippen molar-refractivity contribution in [2.75, 3.05) is 6.54 Å². The second kappa shape index (κ2) is 17.8. The maximum absolute atomic E-state index is 13.9. The van der Waals surface area contributed by atoms with E-state index >= 15 is 0 Å². The van der Waals surface area contributed by atoms with Crippen LogP contribution in [-0.2, 0) is 25.5 Å². The molecule has 10 nitrogen and oxygen atoms in total. The predicted octanol–water partition coefficient (Wildman–Crippen LogP) is 5.62. The third-order valence-corrected chi connectivity index (χ3v) is 7.71. The van der Waals surface area contributed by atoms with Crippen LogP contribution in [-0.4, -0.2) is 52.2 Å². The van der Waals surface area contributed by atoms with Gasteiger partial charge in [-0.25, -0.2) is 4.79 Å². The van der Waals surface area contributed by atoms with Crippen LogP contribution in [0.25, 0.3) is 10.9 Å². The summed E-state index contributed by atoms with van der Waals surface area (Å²) in [5, 5.41) is 18.5. The number of H-pyrrole nitrogens is 1. The van der Waals surface area contributed by atoms with Gasteiger partial charge in [-0.3, -0.25) is 14.4 Å². The molecule has 0 aliphatic heterocycles. The molecule has 45 heavy (non-hydrogen) atoms. The highest BCUT2D eigenvalue weighted by atomic mass is 16.6. The first kappa shape index (κ1) is 36.8. The molecule has 3 unspecified atom stereocenters. The van der Waals surface area contributed by atoms with Gasteiger partial charge in [0.1, 0.15) is 11.6 Å². The Morgan fingerprint density at radius 3 is 2.42 bits per heavy atom. The number of para-hydroxylation sites is 1. The van der Waals surface area contributed by atoms with Gasteiger partial charge in [0, 0.05) is 37.0 Å². The number of alkyl carbamates (subject to hydrolysis) is 1. The highest BCUT2D eigenvalue weighted by Crippen LogP contribution is 2.22. The standard InChI is InChI=1S/C33H41N4O6.2CH2/c1-33(21-25-20-24-14-10-11-17-27(24)35-25,37-32(42)43-26-15-8-3-2-4-9-16-26)31(41)34-22-28(23-12-6-5-7-13-23)36-29(38)18-19-30(39)40;;/h5-7,10-15,17,20,26,28,35H,2-4,8-9,16,18-19,21-22H2,1H3,(H,34,41)(H,36,38)(H,37,42)(H,39,40);2*1H2. The van der Waals surface area contributed by atoms with Gasteiger partial charge in [-0.2, -0.15) is 0 Å². The largest absolute Gasteiger partial charge is 0.481 e. The number of aromatic nitrogens is 1. The molecule has 5 radical (unpaired) electrons. The van der Waals surface area contributed by atoms with Crippen molar-refractivity contribution in [3.8, 4) is 0 Å². The lowest BCUT2D eigenvalue weighted by Crippen LogP contribution is -2.59. The molecule has 0 saturated heterocycles. The SMILES string of the molecule is CC(Cc1cc2ccccc2[nH]1)(NC(=O)OC1[CH]CCCCCC1)C(=O)NCC(NC(=O)CCC(=O)O)c1ccccc1.[CH2].[CH2]. The number of carbonyl (C=O) groups is 4. The van der Waals surface area contributed by atoms with Gasteiger partial charge in [0.05, 0.1) is 12.5 Å². The summed E-state index contributed by atoms with van der Waals surface area (Å²) in [6.07, 6.45) is 6.67. The van der Waals surface area contributed by atoms with Crippen LogP contribution >= 0.6 is 0 Å². The van der Waals surface area contributed by atoms with E-state index in [1.807, 2.05) is 67.1 Å². The zero-order valence-electron chi connectivity index (χ0n) is 26.0. The third-order valence-electron chi connectivity index (χ3n) is 7.71. The summed E-state index contributed by atoms with van der Waals surface area (Å²) in [5.41, 5.74) is 1.03. The maximum Gasteiger partial charge on any atom is 0.408 e. The van der Waals surface area contributed by atoms with Crippen molar-refractivity contribution in [2.45, 2.75) is 82.4 Å². The maximum atomic E-state index is 13.9. The van der Waals surface area contributed by atoms with E-state index in [9.17, 15) is 19.2 Å². The molecule has 1 aliphatic rings. The first-order valence-corrected chi connectivity index (χ1v) is 14.9. The van der Waals surface area contributed by atoms with E-state index in [-0.39, 0.29) is 46.8 Å². The Morgan fingerprint density at radius 1 is 0.978 bits per heavy atom. The fourth-order valence-electron chi connectivity index (χ4n) is 5.37. The number of aromatic amines is 1. The number of hydrogen-bond donors (Lipinski definition) is 5. The van der Waals surface area contributed by atoms with E-state index in [0.29, 0.717) is 0 Å². The quantitative estimate of drug-likeness (QED) is 0.178. The first-order chi connectivity index (χ1) is 20.7. The van der Waals surface area contributed by atoms with Crippen LogP contribution in [0.15, 0.2) is 60.7 Å². The summed E-state index contributed by atoms with van der Waals surface area (Å²) >= 11 is 0. The number of benzene rings is 2. The molecule has 4 rings (SSSR count). The lowest BCUT2D eigenvalue weighted by Gasteiger charge is -2.31. The molecule has 3 atom stereocenters. The number of rotatable bonds is 12. The van der Waals surface area contributed by atoms with E-state index in [4.69, 9.17) is 9.84 Å². The summed E-state index contributed by atoms with van der Waals surface area (Å²) in [7, 11) is 0. The minimum Gasteiger partial charge on any atom is -0.481 e. The second-order valence-electron chi connectivity index (χ2n) is 11.3. The van der Waals surface area contributed by atoms with Crippen molar-refractivity contribution in [1.82, 2.24) is 20.9 Å². The van der Waals surface area contributed by atoms with E-state index in [0.717, 1.165) is 54.3 Å². The fourth-order valence-corrected chi connectivity index (χ4v) is 5.37. The smallest absolute Gasteiger partial charge is 0.408 e. The Balaban J connectivity index is 0.00000353. The van der Waals surface area contributed by atoms with Crippen molar-refractivity contribution in [3.63, 3.8) is 0 Å². The molecule has 1 aromatic heterocycles. The number of carboxylic acid groups (broad SMARTS) is 1. The van der Waals surface area contributed by atoms with Crippen LogP contribution < -0.4 is 16.0 Å². The molecular formula is C35H45N4O6. The van der Waals surface area contributed by atoms with Crippen LogP contribution in [0.4, 0.5) is 4.79 Å². The molecule has 10 heteroatoms. The molecule has 0 bridgehead atoms. The lowest BCUT2D eigenvalue weighted by molar-refractivity contribution is -0.138. The third kappa shape index (κ3) is 11.3. The number of carbonyl (C=O) groups excluding carboxylic acids is 3. The summed E-state index contributed by atoms with van der Waals surface area (Å²) in [4.78, 5) is 53.8. The van der Waals surface area contributed by atoms with E-state index < -0.39 is 35.5 Å². The second-order valence-corrected chi connectivity index (χ2v) is 11.3. The van der Waals surface area contributed by atoms with Crippen LogP contribution in [0.1, 0.15) is 75.6 Å². The average Bonchev–Trinajstić information content (AvgIpc) is 3.37. The van der Waals surface area contributed by atoms with Crippen LogP contribution in [0, 0.1) is 21.3 Å². The van der Waals surface area contributed by atoms with E-state index in [1.165, 1.54) is 6.42 Å². The molecule has 1 aliphatic carbocycles. The number of amides is 3. The zero-order chi connectivity index (χ0) is 30.7. The minimum atomic E-state index is -1.39. The molecule has 5 N–H and O–H groups in total. The topological polar surface area (TPSA) is 150 Å². The highest BCUT2D eigenvalue weighted by Gasteiger charge is 2.37. The molecule has 241 valence electrons. The number of hydrogen-bond acceptors (Lipinski definition) is 5. The monoisotopic (exact) mass is 617 g/mol. The van der Waals surface area contributed by atoms with Gasteiger partial charge in [0.25, 0.3) is 0 Å². The molecule has 1 heterocycles. The normalized spacial score (nSPS) is 15.5. The van der Waals surface area contributed by atoms with Crippen molar-refractivity contribution in [3.05, 3.63) is 93.2 Å². The molecule has 1 saturated carbocycles. The van der Waals surface area contributed by atoms with Gasteiger partial charge >= 0.3 is 12.1 Å². The van der Waals surface area contributed by atoms with Crippen molar-refractivity contribution in [2.24, 2.45) is 0 Å². The molecular weight excluding hydrogens is 572 g/mol. The number of fused-ring (bicyclic) bond motifs is 1. The molecule has 1 fully saturated rings. The Labute approximate surface area is 266 Å². The number of aliphatic carboxylic acids is 1. The Bertz CT molecular complexity index is 1350. The van der Waals surface area contributed by atoms with Crippen molar-refractivity contribution in [1.29, 1.82) is 0 Å². The molecule has 2 aromatic carbocycles. The van der Waals surface area contributed by atoms with Crippen LogP contribution in [0.2, 0.25) is 0 Å². The predicted molar refractivity (Wildman–Crippen MR) is 174 cm³/mol. The van der Waals surface area contributed by atoms with Crippen LogP contribution in [0.3, 0.4) is 0 Å². The van der Waals surface area contributed by atoms with E-state index in [1.54, 1.807) is 6.92 Å². The van der Waals surface area contributed by atoms with Gasteiger partial charge < -0.3 is 30.8 Å². The summed E-state index contributed by atoms with van der Waals surface area (Å²) < 4.78 is 5.76. The summed E-state index contributed by atoms with van der Waals surface area (Å²) in [6.45, 7) is 1.68. The average molecular weight is 618 g/mol. The minimum absolute atomic E-state index is 0. The Kier molecular flexibility index (Phi) is 14.6. The molecule has 3 amide bonds.